The minimum atomic E-state index is -4.78. The molecule has 0 bridgehead atoms. The highest BCUT2D eigenvalue weighted by Gasteiger charge is 2.31. The van der Waals surface area contributed by atoms with Gasteiger partial charge in [-0.2, -0.15) is 0 Å². The van der Waals surface area contributed by atoms with Gasteiger partial charge in [0.05, 0.1) is 6.54 Å². The number of nitrogens with zero attached hydrogens (tertiary/aromatic N) is 1. The summed E-state index contributed by atoms with van der Waals surface area (Å²) in [5.74, 6) is -0.0708. The first-order valence-electron chi connectivity index (χ1n) is 11.0. The normalized spacial score (nSPS) is 12.3. The van der Waals surface area contributed by atoms with Gasteiger partial charge in [-0.3, -0.25) is 9.69 Å². The van der Waals surface area contributed by atoms with E-state index in [1.165, 1.54) is 18.2 Å². The number of ether oxygens (including phenoxy) is 3. The Morgan fingerprint density at radius 2 is 1.57 bits per heavy atom. The Morgan fingerprint density at radius 1 is 0.914 bits per heavy atom. The van der Waals surface area contributed by atoms with Gasteiger partial charge in [0.1, 0.15) is 29.1 Å². The zero-order chi connectivity index (χ0) is 25.3. The smallest absolute Gasteiger partial charge is 0.486 e. The molecule has 3 aromatic rings. The highest BCUT2D eigenvalue weighted by Crippen LogP contribution is 2.31. The minimum Gasteiger partial charge on any atom is -0.486 e. The fourth-order valence-corrected chi connectivity index (χ4v) is 3.42. The third-order valence-corrected chi connectivity index (χ3v) is 5.06. The summed E-state index contributed by atoms with van der Waals surface area (Å²) in [5, 5.41) is 9.09. The number of hydrogen-bond donors (Lipinski definition) is 1. The van der Waals surface area contributed by atoms with E-state index in [0.29, 0.717) is 31.0 Å². The van der Waals surface area contributed by atoms with E-state index in [2.05, 4.69) is 4.74 Å². The topological polar surface area (TPSA) is 68.2 Å². The van der Waals surface area contributed by atoms with Crippen LogP contribution < -0.4 is 14.2 Å². The van der Waals surface area contributed by atoms with E-state index in [9.17, 15) is 18.0 Å². The number of aliphatic carboxylic acids is 1. The molecule has 0 amide bonds. The van der Waals surface area contributed by atoms with Crippen LogP contribution in [0.5, 0.6) is 23.0 Å². The van der Waals surface area contributed by atoms with E-state index < -0.39 is 12.3 Å². The summed E-state index contributed by atoms with van der Waals surface area (Å²) in [6.45, 7) is 3.01. The lowest BCUT2D eigenvalue weighted by atomic mass is 10.1. The van der Waals surface area contributed by atoms with Crippen molar-refractivity contribution in [2.45, 2.75) is 25.8 Å². The Labute approximate surface area is 201 Å². The fraction of sp³-hybridized carbons (Fsp3) is 0.269. The quantitative estimate of drug-likeness (QED) is 0.322. The summed E-state index contributed by atoms with van der Waals surface area (Å²) in [6.07, 6.45) is -4.51. The molecule has 6 nitrogen and oxygen atoms in total. The van der Waals surface area contributed by atoms with Crippen molar-refractivity contribution in [2.24, 2.45) is 0 Å². The molecule has 0 aliphatic carbocycles. The molecular formula is C26H26F3NO5. The van der Waals surface area contributed by atoms with Crippen molar-refractivity contribution in [1.29, 1.82) is 0 Å². The van der Waals surface area contributed by atoms with E-state index in [-0.39, 0.29) is 24.1 Å². The molecule has 186 valence electrons. The first kappa shape index (κ1) is 25.9. The van der Waals surface area contributed by atoms with Gasteiger partial charge in [0.25, 0.3) is 0 Å². The van der Waals surface area contributed by atoms with E-state index in [4.69, 9.17) is 14.6 Å². The van der Waals surface area contributed by atoms with Crippen molar-refractivity contribution in [3.8, 4) is 23.0 Å². The van der Waals surface area contributed by atoms with Crippen molar-refractivity contribution < 1.29 is 37.3 Å². The summed E-state index contributed by atoms with van der Waals surface area (Å²) in [5.41, 5.74) is 0.959. The predicted molar refractivity (Wildman–Crippen MR) is 124 cm³/mol. The number of alkyl halides is 3. The van der Waals surface area contributed by atoms with Gasteiger partial charge in [0.15, 0.2) is 0 Å². The predicted octanol–water partition coefficient (Wildman–Crippen LogP) is 6.29. The zero-order valence-corrected chi connectivity index (χ0v) is 19.1. The van der Waals surface area contributed by atoms with Gasteiger partial charge >= 0.3 is 12.3 Å². The third-order valence-electron chi connectivity index (χ3n) is 5.06. The van der Waals surface area contributed by atoms with Gasteiger partial charge in [-0.25, -0.2) is 0 Å². The van der Waals surface area contributed by atoms with Crippen LogP contribution >= 0.6 is 0 Å². The maximum Gasteiger partial charge on any atom is 0.573 e. The van der Waals surface area contributed by atoms with Crippen molar-refractivity contribution in [3.05, 3.63) is 84.4 Å². The molecule has 0 fully saturated rings. The highest BCUT2D eigenvalue weighted by atomic mass is 19.4. The van der Waals surface area contributed by atoms with E-state index in [0.717, 1.165) is 11.6 Å². The van der Waals surface area contributed by atoms with Gasteiger partial charge in [-0.1, -0.05) is 43.3 Å². The molecule has 1 unspecified atom stereocenters. The number of carboxylic acid groups (broad SMARTS) is 1. The van der Waals surface area contributed by atoms with Crippen LogP contribution in [-0.2, 0) is 4.79 Å². The maximum absolute atomic E-state index is 12.4. The standard InChI is InChI=1S/C26H26F3NO5/c1-2-30(18-25(31)32)16-15-24(19-7-4-3-5-8-19)34-21-13-11-20(12-14-21)33-22-9-6-10-23(17-22)35-26(27,28)29/h3-14,17,24H,2,15-16,18H2,1H3,(H,31,32). The SMILES string of the molecule is CCN(CCC(Oc1ccc(Oc2cccc(OC(F)(F)F)c2)cc1)c1ccccc1)CC(=O)O. The molecule has 35 heavy (non-hydrogen) atoms. The molecule has 1 N–H and O–H groups in total. The lowest BCUT2D eigenvalue weighted by molar-refractivity contribution is -0.274. The van der Waals surface area contributed by atoms with Crippen LogP contribution in [0.3, 0.4) is 0 Å². The minimum absolute atomic E-state index is 0.0424. The van der Waals surface area contributed by atoms with Crippen LogP contribution in [0.2, 0.25) is 0 Å². The Kier molecular flexibility index (Phi) is 8.97. The summed E-state index contributed by atoms with van der Waals surface area (Å²) < 4.78 is 53.1. The second-order valence-corrected chi connectivity index (χ2v) is 7.66. The largest absolute Gasteiger partial charge is 0.573 e. The molecule has 0 radical (unpaired) electrons. The van der Waals surface area contributed by atoms with Crippen molar-refractivity contribution in [3.63, 3.8) is 0 Å². The molecule has 3 aromatic carbocycles. The molecule has 0 heterocycles. The van der Waals surface area contributed by atoms with Gasteiger partial charge in [-0.15, -0.1) is 13.2 Å². The average molecular weight is 489 g/mol. The maximum atomic E-state index is 12.4. The van der Waals surface area contributed by atoms with Crippen molar-refractivity contribution >= 4 is 5.97 Å². The number of halogens is 3. The molecule has 0 saturated heterocycles. The number of benzene rings is 3. The van der Waals surface area contributed by atoms with Crippen molar-refractivity contribution in [2.75, 3.05) is 19.6 Å². The Hall–Kier alpha value is -3.72. The molecule has 0 spiro atoms. The van der Waals surface area contributed by atoms with Crippen LogP contribution in [0.25, 0.3) is 0 Å². The highest BCUT2D eigenvalue weighted by molar-refractivity contribution is 5.69. The molecule has 3 rings (SSSR count). The van der Waals surface area contributed by atoms with Gasteiger partial charge < -0.3 is 19.3 Å². The Balaban J connectivity index is 1.67. The van der Waals surface area contributed by atoms with E-state index in [1.54, 1.807) is 24.3 Å². The van der Waals surface area contributed by atoms with Crippen LogP contribution in [0.1, 0.15) is 25.0 Å². The summed E-state index contributed by atoms with van der Waals surface area (Å²) in [6, 6.07) is 21.6. The number of carboxylic acids is 1. The number of rotatable bonds is 12. The number of hydrogen-bond acceptors (Lipinski definition) is 5. The lowest BCUT2D eigenvalue weighted by Crippen LogP contribution is -2.31. The first-order valence-corrected chi connectivity index (χ1v) is 11.0. The monoisotopic (exact) mass is 489 g/mol. The molecule has 9 heteroatoms. The summed E-state index contributed by atoms with van der Waals surface area (Å²) >= 11 is 0. The van der Waals surface area contributed by atoms with Crippen LogP contribution in [0.15, 0.2) is 78.9 Å². The van der Waals surface area contributed by atoms with Crippen LogP contribution in [0.4, 0.5) is 13.2 Å². The van der Waals surface area contributed by atoms with Gasteiger partial charge in [-0.05, 0) is 48.5 Å². The van der Waals surface area contributed by atoms with Crippen LogP contribution in [0, 0.1) is 0 Å². The zero-order valence-electron chi connectivity index (χ0n) is 19.1. The summed E-state index contributed by atoms with van der Waals surface area (Å²) in [4.78, 5) is 12.9. The molecule has 0 aromatic heterocycles. The van der Waals surface area contributed by atoms with Crippen LogP contribution in [-0.4, -0.2) is 42.0 Å². The molecule has 0 aliphatic rings. The molecule has 1 atom stereocenters. The van der Waals surface area contributed by atoms with Gasteiger partial charge in [0.2, 0.25) is 0 Å². The molecule has 0 saturated carbocycles. The second kappa shape index (κ2) is 12.1. The average Bonchev–Trinajstić information content (AvgIpc) is 2.81. The number of likely N-dealkylation sites (N-methyl/N-ethyl adjacent to an activating group) is 1. The fourth-order valence-electron chi connectivity index (χ4n) is 3.42. The third kappa shape index (κ3) is 8.86. The first-order chi connectivity index (χ1) is 16.7. The lowest BCUT2D eigenvalue weighted by Gasteiger charge is -2.24. The van der Waals surface area contributed by atoms with E-state index >= 15 is 0 Å². The molecular weight excluding hydrogens is 463 g/mol. The van der Waals surface area contributed by atoms with Crippen molar-refractivity contribution in [1.82, 2.24) is 4.90 Å². The Bertz CT molecular complexity index is 1070. The van der Waals surface area contributed by atoms with E-state index in [1.807, 2.05) is 42.2 Å². The second-order valence-electron chi connectivity index (χ2n) is 7.66. The van der Waals surface area contributed by atoms with Gasteiger partial charge in [0, 0.05) is 19.0 Å². The Morgan fingerprint density at radius 3 is 2.20 bits per heavy atom. The molecule has 0 aliphatic heterocycles. The number of carbonyl (C=O) groups is 1. The summed E-state index contributed by atoms with van der Waals surface area (Å²) in [7, 11) is 0.